The second-order valence-corrected chi connectivity index (χ2v) is 6.47. The van der Waals surface area contributed by atoms with E-state index in [2.05, 4.69) is 11.6 Å². The molecule has 0 saturated carbocycles. The van der Waals surface area contributed by atoms with Crippen molar-refractivity contribution >= 4 is 26.8 Å². The number of fused-ring (bicyclic) bond motifs is 1. The number of nitrogens with two attached hydrogens (primary N) is 1. The molecule has 2 aromatic rings. The number of aromatic nitrogens is 1. The van der Waals surface area contributed by atoms with Crippen molar-refractivity contribution in [1.29, 1.82) is 0 Å². The van der Waals surface area contributed by atoms with Crippen LogP contribution in [0.3, 0.4) is 0 Å². The maximum absolute atomic E-state index is 11.8. The molecule has 21 heavy (non-hydrogen) atoms. The highest BCUT2D eigenvalue weighted by molar-refractivity contribution is 7.90. The fraction of sp³-hybridized carbons (Fsp3) is 0.214. The third kappa shape index (κ3) is 3.71. The molecule has 4 N–H and O–H groups in total. The van der Waals surface area contributed by atoms with Crippen molar-refractivity contribution in [3.63, 3.8) is 0 Å². The second-order valence-electron chi connectivity index (χ2n) is 4.71. The molecule has 1 atom stereocenters. The minimum atomic E-state index is -3.70. The van der Waals surface area contributed by atoms with Gasteiger partial charge in [-0.15, -0.1) is 6.58 Å². The molecule has 112 valence electrons. The summed E-state index contributed by atoms with van der Waals surface area (Å²) in [7, 11) is -3.70. The number of carbonyl (C=O) groups is 1. The molecular weight excluding hydrogens is 290 g/mol. The smallest absolute Gasteiger partial charge is 0.250 e. The molecular formula is C14H17N3O3S. The van der Waals surface area contributed by atoms with Gasteiger partial charge < -0.3 is 10.7 Å². The van der Waals surface area contributed by atoms with Crippen LogP contribution in [-0.4, -0.2) is 31.1 Å². The third-order valence-electron chi connectivity index (χ3n) is 3.04. The number of nitrogens with one attached hydrogen (secondary N) is 2. The minimum Gasteiger partial charge on any atom is -0.361 e. The van der Waals surface area contributed by atoms with Gasteiger partial charge in [-0.05, 0) is 18.1 Å². The van der Waals surface area contributed by atoms with E-state index in [0.717, 1.165) is 16.5 Å². The summed E-state index contributed by atoms with van der Waals surface area (Å²) >= 11 is 0. The molecule has 0 aliphatic heterocycles. The summed E-state index contributed by atoms with van der Waals surface area (Å²) in [6, 6.07) is 6.68. The summed E-state index contributed by atoms with van der Waals surface area (Å²) in [5.41, 5.74) is 7.60. The van der Waals surface area contributed by atoms with Crippen LogP contribution in [0, 0.1) is 0 Å². The summed E-state index contributed by atoms with van der Waals surface area (Å²) < 4.78 is 24.9. The topological polar surface area (TPSA) is 105 Å². The van der Waals surface area contributed by atoms with E-state index < -0.39 is 22.0 Å². The Morgan fingerprint density at radius 3 is 2.86 bits per heavy atom. The minimum absolute atomic E-state index is 0.249. The standard InChI is InChI=1S/C14H17N3O3S/c1-2-7-21(19,20)17-14(18)12(15)8-10-9-16-13-6-4-3-5-11(10)13/h2-6,9,12,16H,1,7-8,15H2,(H,17,18). The normalized spacial score (nSPS) is 13.0. The Balaban J connectivity index is 2.09. The van der Waals surface area contributed by atoms with E-state index in [4.69, 9.17) is 5.73 Å². The van der Waals surface area contributed by atoms with Crippen molar-refractivity contribution in [1.82, 2.24) is 9.71 Å². The SMILES string of the molecule is C=CCS(=O)(=O)NC(=O)C(N)Cc1c[nH]c2ccccc12. The molecule has 0 aliphatic rings. The largest absolute Gasteiger partial charge is 0.361 e. The van der Waals surface area contributed by atoms with Crippen LogP contribution in [0.5, 0.6) is 0 Å². The van der Waals surface area contributed by atoms with Gasteiger partial charge in [-0.2, -0.15) is 0 Å². The van der Waals surface area contributed by atoms with Gasteiger partial charge in [0.05, 0.1) is 11.8 Å². The highest BCUT2D eigenvalue weighted by Crippen LogP contribution is 2.18. The molecule has 1 aromatic heterocycles. The monoisotopic (exact) mass is 307 g/mol. The second kappa shape index (κ2) is 6.11. The van der Waals surface area contributed by atoms with E-state index in [1.807, 2.05) is 29.0 Å². The van der Waals surface area contributed by atoms with Gasteiger partial charge in [0.15, 0.2) is 0 Å². The Labute approximate surface area is 123 Å². The lowest BCUT2D eigenvalue weighted by Gasteiger charge is -2.11. The molecule has 0 fully saturated rings. The fourth-order valence-electron chi connectivity index (χ4n) is 2.06. The van der Waals surface area contributed by atoms with Crippen LogP contribution in [0.1, 0.15) is 5.56 Å². The van der Waals surface area contributed by atoms with Crippen molar-refractivity contribution in [2.75, 3.05) is 5.75 Å². The van der Waals surface area contributed by atoms with E-state index in [1.165, 1.54) is 6.08 Å². The number of aromatic amines is 1. The predicted molar refractivity (Wildman–Crippen MR) is 82.1 cm³/mol. The zero-order valence-corrected chi connectivity index (χ0v) is 12.2. The average molecular weight is 307 g/mol. The summed E-state index contributed by atoms with van der Waals surface area (Å²) in [5, 5.41) is 0.967. The number of H-pyrrole nitrogens is 1. The molecule has 2 rings (SSSR count). The van der Waals surface area contributed by atoms with Crippen LogP contribution in [0.25, 0.3) is 10.9 Å². The van der Waals surface area contributed by atoms with Crippen molar-refractivity contribution < 1.29 is 13.2 Å². The van der Waals surface area contributed by atoms with Crippen molar-refractivity contribution in [3.8, 4) is 0 Å². The summed E-state index contributed by atoms with van der Waals surface area (Å²) in [4.78, 5) is 14.9. The number of amides is 1. The van der Waals surface area contributed by atoms with Crippen LogP contribution in [-0.2, 0) is 21.2 Å². The Morgan fingerprint density at radius 2 is 2.14 bits per heavy atom. The lowest BCUT2D eigenvalue weighted by atomic mass is 10.1. The van der Waals surface area contributed by atoms with Gasteiger partial charge in [0.25, 0.3) is 5.91 Å². The third-order valence-corrected chi connectivity index (χ3v) is 4.23. The fourth-order valence-corrected chi connectivity index (χ4v) is 2.91. The van der Waals surface area contributed by atoms with Gasteiger partial charge in [-0.25, -0.2) is 8.42 Å². The van der Waals surface area contributed by atoms with Crippen molar-refractivity contribution in [2.45, 2.75) is 12.5 Å². The lowest BCUT2D eigenvalue weighted by Crippen LogP contribution is -2.45. The highest BCUT2D eigenvalue weighted by Gasteiger charge is 2.20. The number of para-hydroxylation sites is 1. The molecule has 0 bridgehead atoms. The Morgan fingerprint density at radius 1 is 1.43 bits per heavy atom. The summed E-state index contributed by atoms with van der Waals surface area (Å²) in [5.74, 6) is -1.04. The number of rotatable bonds is 6. The van der Waals surface area contributed by atoms with E-state index in [1.54, 1.807) is 6.20 Å². The van der Waals surface area contributed by atoms with E-state index in [0.29, 0.717) is 0 Å². The first kappa shape index (κ1) is 15.3. The first-order valence-corrected chi connectivity index (χ1v) is 8.04. The quantitative estimate of drug-likeness (QED) is 0.682. The molecule has 6 nitrogen and oxygen atoms in total. The van der Waals surface area contributed by atoms with E-state index >= 15 is 0 Å². The summed E-state index contributed by atoms with van der Waals surface area (Å²) in [6.07, 6.45) is 3.23. The van der Waals surface area contributed by atoms with Crippen LogP contribution < -0.4 is 10.5 Å². The molecule has 0 aliphatic carbocycles. The molecule has 0 radical (unpaired) electrons. The van der Waals surface area contributed by atoms with Crippen molar-refractivity contribution in [2.24, 2.45) is 5.73 Å². The van der Waals surface area contributed by atoms with Crippen LogP contribution in [0.15, 0.2) is 43.1 Å². The molecule has 0 spiro atoms. The van der Waals surface area contributed by atoms with Gasteiger partial charge in [-0.3, -0.25) is 9.52 Å². The zero-order valence-electron chi connectivity index (χ0n) is 11.4. The number of hydrogen-bond donors (Lipinski definition) is 3. The van der Waals surface area contributed by atoms with Gasteiger partial charge in [0.2, 0.25) is 10.0 Å². The number of benzene rings is 1. The molecule has 7 heteroatoms. The van der Waals surface area contributed by atoms with Crippen LogP contribution in [0.2, 0.25) is 0 Å². The van der Waals surface area contributed by atoms with Gasteiger partial charge in [0.1, 0.15) is 0 Å². The summed E-state index contributed by atoms with van der Waals surface area (Å²) in [6.45, 7) is 3.33. The first-order chi connectivity index (χ1) is 9.93. The van der Waals surface area contributed by atoms with Gasteiger partial charge in [-0.1, -0.05) is 24.3 Å². The Kier molecular flexibility index (Phi) is 4.44. The number of sulfonamides is 1. The van der Waals surface area contributed by atoms with Gasteiger partial charge in [0, 0.05) is 17.1 Å². The predicted octanol–water partition coefficient (Wildman–Crippen LogP) is 0.670. The maximum Gasteiger partial charge on any atom is 0.250 e. The van der Waals surface area contributed by atoms with Crippen LogP contribution >= 0.6 is 0 Å². The molecule has 1 unspecified atom stereocenters. The maximum atomic E-state index is 11.8. The van der Waals surface area contributed by atoms with E-state index in [9.17, 15) is 13.2 Å². The Bertz CT molecular complexity index is 765. The highest BCUT2D eigenvalue weighted by atomic mass is 32.2. The number of carbonyl (C=O) groups excluding carboxylic acids is 1. The van der Waals surface area contributed by atoms with Gasteiger partial charge >= 0.3 is 0 Å². The molecule has 1 aromatic carbocycles. The lowest BCUT2D eigenvalue weighted by molar-refractivity contribution is -0.120. The first-order valence-electron chi connectivity index (χ1n) is 6.39. The molecule has 0 saturated heterocycles. The Hall–Kier alpha value is -2.12. The molecule has 1 heterocycles. The zero-order chi connectivity index (χ0) is 15.5. The average Bonchev–Trinajstić information content (AvgIpc) is 2.81. The number of hydrogen-bond acceptors (Lipinski definition) is 4. The molecule has 1 amide bonds. The van der Waals surface area contributed by atoms with Crippen LogP contribution in [0.4, 0.5) is 0 Å². The van der Waals surface area contributed by atoms with Crippen molar-refractivity contribution in [3.05, 3.63) is 48.7 Å². The van der Waals surface area contributed by atoms with E-state index in [-0.39, 0.29) is 12.2 Å².